The van der Waals surface area contributed by atoms with Crippen molar-refractivity contribution in [1.82, 2.24) is 10.2 Å². The first-order valence-corrected chi connectivity index (χ1v) is 7.16. The summed E-state index contributed by atoms with van der Waals surface area (Å²) in [4.78, 5) is 24.5. The molecule has 1 unspecified atom stereocenters. The Kier molecular flexibility index (Phi) is 4.02. The third kappa shape index (κ3) is 4.11. The van der Waals surface area contributed by atoms with Gasteiger partial charge in [0.1, 0.15) is 6.54 Å². The van der Waals surface area contributed by atoms with Gasteiger partial charge in [-0.05, 0) is 37.5 Å². The zero-order valence-corrected chi connectivity index (χ0v) is 11.8. The van der Waals surface area contributed by atoms with Gasteiger partial charge in [0.15, 0.2) is 0 Å². The second kappa shape index (κ2) is 5.39. The van der Waals surface area contributed by atoms with Gasteiger partial charge in [0, 0.05) is 12.1 Å². The fourth-order valence-corrected chi connectivity index (χ4v) is 2.98. The van der Waals surface area contributed by atoms with Crippen LogP contribution in [0.4, 0.5) is 4.79 Å². The zero-order valence-electron chi connectivity index (χ0n) is 11.8. The monoisotopic (exact) mass is 268 g/mol. The second-order valence-electron chi connectivity index (χ2n) is 6.66. The van der Waals surface area contributed by atoms with Crippen LogP contribution in [0.1, 0.15) is 52.4 Å². The molecule has 5 nitrogen and oxygen atoms in total. The topological polar surface area (TPSA) is 69.6 Å². The summed E-state index contributed by atoms with van der Waals surface area (Å²) in [6, 6.07) is 0.117. The summed E-state index contributed by atoms with van der Waals surface area (Å²) in [5.74, 6) is -0.939. The van der Waals surface area contributed by atoms with Gasteiger partial charge in [-0.15, -0.1) is 0 Å². The van der Waals surface area contributed by atoms with E-state index in [2.05, 4.69) is 19.2 Å². The molecule has 0 aliphatic heterocycles. The van der Waals surface area contributed by atoms with Crippen LogP contribution in [0.25, 0.3) is 0 Å². The summed E-state index contributed by atoms with van der Waals surface area (Å²) in [7, 11) is 0. The van der Waals surface area contributed by atoms with Crippen LogP contribution in [0.5, 0.6) is 0 Å². The lowest BCUT2D eigenvalue weighted by Gasteiger charge is -2.36. The maximum absolute atomic E-state index is 12.2. The number of rotatable bonds is 4. The number of carboxylic acids is 1. The zero-order chi connectivity index (χ0) is 14.0. The van der Waals surface area contributed by atoms with Crippen LogP contribution >= 0.6 is 0 Å². The van der Waals surface area contributed by atoms with E-state index in [0.29, 0.717) is 0 Å². The molecule has 2 rings (SSSR count). The Hall–Kier alpha value is -1.26. The highest BCUT2D eigenvalue weighted by molar-refractivity contribution is 5.80. The van der Waals surface area contributed by atoms with Crippen molar-refractivity contribution in [3.05, 3.63) is 0 Å². The van der Waals surface area contributed by atoms with E-state index < -0.39 is 5.97 Å². The van der Waals surface area contributed by atoms with E-state index in [1.807, 2.05) is 0 Å². The molecule has 0 aromatic heterocycles. The van der Waals surface area contributed by atoms with Gasteiger partial charge in [-0.1, -0.05) is 20.3 Å². The van der Waals surface area contributed by atoms with E-state index in [1.165, 1.54) is 11.3 Å². The SMILES string of the molecule is CC1(C)CCCC(NC(=O)N(CC(=O)O)C2CC2)C1. The lowest BCUT2D eigenvalue weighted by molar-refractivity contribution is -0.137. The number of carbonyl (C=O) groups excluding carboxylic acids is 1. The van der Waals surface area contributed by atoms with Crippen LogP contribution in [-0.2, 0) is 4.79 Å². The van der Waals surface area contributed by atoms with Gasteiger partial charge in [0.25, 0.3) is 0 Å². The highest BCUT2D eigenvalue weighted by Crippen LogP contribution is 2.35. The molecule has 0 bridgehead atoms. The van der Waals surface area contributed by atoms with Gasteiger partial charge in [-0.2, -0.15) is 0 Å². The molecule has 0 saturated heterocycles. The summed E-state index contributed by atoms with van der Waals surface area (Å²) in [5, 5.41) is 11.9. The number of hydrogen-bond donors (Lipinski definition) is 2. The molecule has 0 spiro atoms. The summed E-state index contributed by atoms with van der Waals surface area (Å²) in [6.45, 7) is 4.26. The number of carbonyl (C=O) groups is 2. The number of nitrogens with zero attached hydrogens (tertiary/aromatic N) is 1. The second-order valence-corrected chi connectivity index (χ2v) is 6.66. The predicted molar refractivity (Wildman–Crippen MR) is 71.9 cm³/mol. The van der Waals surface area contributed by atoms with Gasteiger partial charge in [-0.3, -0.25) is 4.79 Å². The molecule has 0 heterocycles. The van der Waals surface area contributed by atoms with Crippen molar-refractivity contribution in [2.75, 3.05) is 6.54 Å². The predicted octanol–water partition coefficient (Wildman–Crippen LogP) is 2.21. The number of nitrogens with one attached hydrogen (secondary N) is 1. The van der Waals surface area contributed by atoms with Crippen molar-refractivity contribution >= 4 is 12.0 Å². The molecule has 108 valence electrons. The summed E-state index contributed by atoms with van der Waals surface area (Å²) in [6.07, 6.45) is 6.15. The minimum absolute atomic E-state index is 0.132. The lowest BCUT2D eigenvalue weighted by Crippen LogP contribution is -2.49. The highest BCUT2D eigenvalue weighted by Gasteiger charge is 2.36. The van der Waals surface area contributed by atoms with Crippen molar-refractivity contribution in [2.24, 2.45) is 5.41 Å². The summed E-state index contributed by atoms with van der Waals surface area (Å²) in [5.41, 5.74) is 0.271. The van der Waals surface area contributed by atoms with E-state index in [-0.39, 0.29) is 30.1 Å². The molecule has 19 heavy (non-hydrogen) atoms. The molecule has 5 heteroatoms. The van der Waals surface area contributed by atoms with Crippen LogP contribution in [0.2, 0.25) is 0 Å². The van der Waals surface area contributed by atoms with Crippen molar-refractivity contribution in [3.63, 3.8) is 0 Å². The smallest absolute Gasteiger partial charge is 0.323 e. The number of amides is 2. The highest BCUT2D eigenvalue weighted by atomic mass is 16.4. The molecule has 0 aromatic carbocycles. The molecule has 0 aromatic rings. The first kappa shape index (κ1) is 14.2. The number of hydrogen-bond acceptors (Lipinski definition) is 2. The van der Waals surface area contributed by atoms with E-state index in [0.717, 1.165) is 32.1 Å². The Morgan fingerprint density at radius 3 is 2.53 bits per heavy atom. The van der Waals surface area contributed by atoms with E-state index in [1.54, 1.807) is 0 Å². The van der Waals surface area contributed by atoms with Crippen LogP contribution < -0.4 is 5.32 Å². The minimum Gasteiger partial charge on any atom is -0.480 e. The number of urea groups is 1. The van der Waals surface area contributed by atoms with Crippen molar-refractivity contribution < 1.29 is 14.7 Å². The number of aliphatic carboxylic acids is 1. The Bertz CT molecular complexity index is 364. The minimum atomic E-state index is -0.939. The average molecular weight is 268 g/mol. The maximum Gasteiger partial charge on any atom is 0.323 e. The first-order valence-electron chi connectivity index (χ1n) is 7.16. The molecule has 2 saturated carbocycles. The lowest BCUT2D eigenvalue weighted by atomic mass is 9.75. The van der Waals surface area contributed by atoms with Gasteiger partial charge < -0.3 is 15.3 Å². The standard InChI is InChI=1S/C14H24N2O3/c1-14(2)7-3-4-10(8-14)15-13(19)16(9-12(17)18)11-5-6-11/h10-11H,3-9H2,1-2H3,(H,15,19)(H,17,18). The van der Waals surface area contributed by atoms with E-state index in [9.17, 15) is 9.59 Å². The molecule has 0 radical (unpaired) electrons. The average Bonchev–Trinajstić information content (AvgIpc) is 3.07. The Balaban J connectivity index is 1.89. The molecule has 1 atom stereocenters. The van der Waals surface area contributed by atoms with Crippen LogP contribution in [-0.4, -0.2) is 40.6 Å². The Morgan fingerprint density at radius 2 is 2.00 bits per heavy atom. The molecule has 2 aliphatic carbocycles. The molecule has 2 aliphatic rings. The van der Waals surface area contributed by atoms with Gasteiger partial charge in [0.05, 0.1) is 0 Å². The Labute approximate surface area is 114 Å². The van der Waals surface area contributed by atoms with Crippen molar-refractivity contribution in [3.8, 4) is 0 Å². The van der Waals surface area contributed by atoms with Gasteiger partial charge >= 0.3 is 12.0 Å². The molecular weight excluding hydrogens is 244 g/mol. The number of carboxylic acid groups (broad SMARTS) is 1. The third-order valence-electron chi connectivity index (χ3n) is 4.09. The Morgan fingerprint density at radius 1 is 1.32 bits per heavy atom. The maximum atomic E-state index is 12.2. The van der Waals surface area contributed by atoms with Crippen LogP contribution in [0, 0.1) is 5.41 Å². The summed E-state index contributed by atoms with van der Waals surface area (Å²) >= 11 is 0. The van der Waals surface area contributed by atoms with Crippen molar-refractivity contribution in [2.45, 2.75) is 64.5 Å². The molecule has 2 fully saturated rings. The fraction of sp³-hybridized carbons (Fsp3) is 0.857. The van der Waals surface area contributed by atoms with E-state index >= 15 is 0 Å². The third-order valence-corrected chi connectivity index (χ3v) is 4.09. The molecule has 2 N–H and O–H groups in total. The first-order chi connectivity index (χ1) is 8.87. The van der Waals surface area contributed by atoms with Crippen LogP contribution in [0.15, 0.2) is 0 Å². The van der Waals surface area contributed by atoms with Crippen LogP contribution in [0.3, 0.4) is 0 Å². The fourth-order valence-electron chi connectivity index (χ4n) is 2.98. The van der Waals surface area contributed by atoms with Gasteiger partial charge in [0.2, 0.25) is 0 Å². The summed E-state index contributed by atoms with van der Waals surface area (Å²) < 4.78 is 0. The molecular formula is C14H24N2O3. The largest absolute Gasteiger partial charge is 0.480 e. The van der Waals surface area contributed by atoms with E-state index in [4.69, 9.17) is 5.11 Å². The quantitative estimate of drug-likeness (QED) is 0.821. The molecule has 2 amide bonds. The van der Waals surface area contributed by atoms with Gasteiger partial charge in [-0.25, -0.2) is 4.79 Å². The van der Waals surface area contributed by atoms with Crippen molar-refractivity contribution in [1.29, 1.82) is 0 Å². The normalized spacial score (nSPS) is 25.7.